The molecule has 0 aliphatic heterocycles. The summed E-state index contributed by atoms with van der Waals surface area (Å²) in [6.07, 6.45) is 1.41. The molecule has 0 saturated heterocycles. The van der Waals surface area contributed by atoms with E-state index in [1.165, 1.54) is 12.3 Å². The number of fused-ring (bicyclic) bond motifs is 1. The van der Waals surface area contributed by atoms with Crippen LogP contribution in [0.15, 0.2) is 58.4 Å². The molecule has 4 N–H and O–H groups in total. The third-order valence-electron chi connectivity index (χ3n) is 3.23. The van der Waals surface area contributed by atoms with Crippen molar-refractivity contribution in [2.75, 3.05) is 0 Å². The van der Waals surface area contributed by atoms with Gasteiger partial charge in [-0.25, -0.2) is 13.6 Å². The normalized spacial score (nSPS) is 12.2. The monoisotopic (exact) mass is 315 g/mol. The number of rotatable bonds is 3. The maximum atomic E-state index is 11.5. The van der Waals surface area contributed by atoms with Gasteiger partial charge < -0.3 is 10.1 Å². The number of sulfonamides is 1. The summed E-state index contributed by atoms with van der Waals surface area (Å²) in [4.78, 5) is 6.93. The summed E-state index contributed by atoms with van der Waals surface area (Å²) in [6, 6.07) is 13.5. The maximum absolute atomic E-state index is 11.5. The van der Waals surface area contributed by atoms with Crippen LogP contribution < -0.4 is 5.14 Å². The Bertz CT molecular complexity index is 975. The number of aromatic hydroxyl groups is 1. The predicted octanol–water partition coefficient (Wildman–Crippen LogP) is 2.27. The number of aromatic nitrogens is 1. The summed E-state index contributed by atoms with van der Waals surface area (Å²) in [5.41, 5.74) is 1.47. The number of primary sulfonamides is 1. The van der Waals surface area contributed by atoms with E-state index >= 15 is 0 Å². The molecule has 22 heavy (non-hydrogen) atoms. The van der Waals surface area contributed by atoms with Crippen molar-refractivity contribution in [1.29, 1.82) is 0 Å². The molecule has 3 rings (SSSR count). The van der Waals surface area contributed by atoms with E-state index in [4.69, 9.17) is 5.14 Å². The molecule has 0 aliphatic rings. The number of nitrogens with two attached hydrogens (primary N) is 1. The fraction of sp³-hybridized carbons (Fsp3) is 0. The first-order chi connectivity index (χ1) is 10.5. The zero-order valence-corrected chi connectivity index (χ0v) is 12.2. The molecule has 0 amide bonds. The number of nitrogens with zero attached hydrogens (tertiary/aromatic N) is 1. The molecule has 2 aromatic carbocycles. The Balaban J connectivity index is 2.10. The largest absolute Gasteiger partial charge is 0.494 e. The average molecular weight is 315 g/mol. The summed E-state index contributed by atoms with van der Waals surface area (Å²) in [5, 5.41) is 15.9. The third kappa shape index (κ3) is 2.59. The van der Waals surface area contributed by atoms with Crippen molar-refractivity contribution in [3.8, 4) is 5.88 Å². The van der Waals surface area contributed by atoms with Crippen LogP contribution in [0.3, 0.4) is 0 Å². The highest BCUT2D eigenvalue weighted by atomic mass is 32.2. The molecule has 0 spiro atoms. The van der Waals surface area contributed by atoms with Gasteiger partial charge in [-0.3, -0.25) is 4.99 Å². The molecule has 3 aromatic rings. The highest BCUT2D eigenvalue weighted by Crippen LogP contribution is 2.27. The van der Waals surface area contributed by atoms with Crippen LogP contribution in [0.5, 0.6) is 5.88 Å². The molecule has 0 aliphatic carbocycles. The summed E-state index contributed by atoms with van der Waals surface area (Å²) in [5.74, 6) is -0.0296. The molecular formula is C15H13N3O3S. The lowest BCUT2D eigenvalue weighted by molar-refractivity contribution is 0.457. The summed E-state index contributed by atoms with van der Waals surface area (Å²) in [6.45, 7) is 0. The first-order valence-electron chi connectivity index (χ1n) is 6.42. The third-order valence-corrected chi connectivity index (χ3v) is 4.19. The van der Waals surface area contributed by atoms with Gasteiger partial charge in [0.05, 0.1) is 11.3 Å². The lowest BCUT2D eigenvalue weighted by Gasteiger charge is -2.02. The Morgan fingerprint density at radius 1 is 1.09 bits per heavy atom. The molecule has 0 fully saturated rings. The van der Waals surface area contributed by atoms with Gasteiger partial charge in [0.25, 0.3) is 0 Å². The van der Waals surface area contributed by atoms with E-state index in [-0.39, 0.29) is 16.5 Å². The topological polar surface area (TPSA) is 109 Å². The van der Waals surface area contributed by atoms with Gasteiger partial charge in [0, 0.05) is 17.1 Å². The van der Waals surface area contributed by atoms with Crippen molar-refractivity contribution in [1.82, 2.24) is 4.98 Å². The Morgan fingerprint density at radius 2 is 1.77 bits per heavy atom. The fourth-order valence-electron chi connectivity index (χ4n) is 2.22. The van der Waals surface area contributed by atoms with E-state index in [9.17, 15) is 13.5 Å². The van der Waals surface area contributed by atoms with E-state index in [1.807, 2.05) is 24.3 Å². The SMILES string of the molecule is NS(=O)(=O)c1ccccc1N=Cc1c(O)[nH]c2ccccc12. The van der Waals surface area contributed by atoms with Crippen LogP contribution in [-0.4, -0.2) is 24.7 Å². The fourth-order valence-corrected chi connectivity index (χ4v) is 2.90. The number of benzene rings is 2. The number of aromatic amines is 1. The number of aliphatic imine (C=N–C) groups is 1. The average Bonchev–Trinajstić information content (AvgIpc) is 2.80. The summed E-state index contributed by atoms with van der Waals surface area (Å²) in [7, 11) is -3.86. The van der Waals surface area contributed by atoms with Crippen LogP contribution in [-0.2, 0) is 10.0 Å². The van der Waals surface area contributed by atoms with Gasteiger partial charge >= 0.3 is 0 Å². The minimum absolute atomic E-state index is 0.0296. The molecular weight excluding hydrogens is 302 g/mol. The lowest BCUT2D eigenvalue weighted by atomic mass is 10.2. The molecule has 7 heteroatoms. The highest BCUT2D eigenvalue weighted by Gasteiger charge is 2.13. The zero-order valence-electron chi connectivity index (χ0n) is 11.4. The van der Waals surface area contributed by atoms with Crippen molar-refractivity contribution in [2.45, 2.75) is 4.90 Å². The van der Waals surface area contributed by atoms with Gasteiger partial charge in [0.2, 0.25) is 10.0 Å². The first kappa shape index (κ1) is 14.3. The molecule has 1 aromatic heterocycles. The lowest BCUT2D eigenvalue weighted by Crippen LogP contribution is -2.12. The maximum Gasteiger partial charge on any atom is 0.240 e. The first-order valence-corrected chi connectivity index (χ1v) is 7.97. The van der Waals surface area contributed by atoms with Crippen LogP contribution in [0.1, 0.15) is 5.56 Å². The van der Waals surface area contributed by atoms with Crippen molar-refractivity contribution < 1.29 is 13.5 Å². The van der Waals surface area contributed by atoms with Crippen LogP contribution in [0, 0.1) is 0 Å². The Hall–Kier alpha value is -2.64. The highest BCUT2D eigenvalue weighted by molar-refractivity contribution is 7.89. The number of para-hydroxylation sites is 2. The van der Waals surface area contributed by atoms with Crippen molar-refractivity contribution in [3.63, 3.8) is 0 Å². The van der Waals surface area contributed by atoms with Crippen molar-refractivity contribution in [3.05, 3.63) is 54.1 Å². The summed E-state index contributed by atoms with van der Waals surface area (Å²) < 4.78 is 23.1. The van der Waals surface area contributed by atoms with E-state index < -0.39 is 10.0 Å². The number of H-pyrrole nitrogens is 1. The molecule has 0 radical (unpaired) electrons. The second-order valence-electron chi connectivity index (χ2n) is 4.70. The second kappa shape index (κ2) is 5.28. The van der Waals surface area contributed by atoms with E-state index in [1.54, 1.807) is 18.2 Å². The molecule has 0 saturated carbocycles. The minimum Gasteiger partial charge on any atom is -0.494 e. The summed E-state index contributed by atoms with van der Waals surface area (Å²) >= 11 is 0. The molecule has 6 nitrogen and oxygen atoms in total. The molecule has 112 valence electrons. The standard InChI is InChI=1S/C15H13N3O3S/c16-22(20,21)14-8-4-3-7-13(14)17-9-11-10-5-1-2-6-12(10)18-15(11)19/h1-9,18-19H,(H2,16,20,21). The second-order valence-corrected chi connectivity index (χ2v) is 6.23. The van der Waals surface area contributed by atoms with Crippen LogP contribution in [0.4, 0.5) is 5.69 Å². The molecule has 0 unspecified atom stereocenters. The van der Waals surface area contributed by atoms with Gasteiger partial charge in [0.1, 0.15) is 4.90 Å². The van der Waals surface area contributed by atoms with Crippen molar-refractivity contribution in [2.24, 2.45) is 10.1 Å². The number of hydrogen-bond acceptors (Lipinski definition) is 4. The smallest absolute Gasteiger partial charge is 0.240 e. The van der Waals surface area contributed by atoms with Crippen LogP contribution >= 0.6 is 0 Å². The van der Waals surface area contributed by atoms with E-state index in [2.05, 4.69) is 9.98 Å². The van der Waals surface area contributed by atoms with Crippen LogP contribution in [0.2, 0.25) is 0 Å². The quantitative estimate of drug-likeness (QED) is 0.645. The van der Waals surface area contributed by atoms with E-state index in [0.29, 0.717) is 5.56 Å². The molecule has 0 atom stereocenters. The van der Waals surface area contributed by atoms with Crippen molar-refractivity contribution >= 4 is 32.8 Å². The Morgan fingerprint density at radius 3 is 2.55 bits per heavy atom. The number of hydrogen-bond donors (Lipinski definition) is 3. The van der Waals surface area contributed by atoms with Crippen LogP contribution in [0.25, 0.3) is 10.9 Å². The Labute approximate surface area is 127 Å². The van der Waals surface area contributed by atoms with Gasteiger partial charge in [-0.15, -0.1) is 0 Å². The van der Waals surface area contributed by atoms with E-state index in [0.717, 1.165) is 10.9 Å². The Kier molecular flexibility index (Phi) is 3.44. The predicted molar refractivity (Wildman–Crippen MR) is 85.0 cm³/mol. The van der Waals surface area contributed by atoms with Gasteiger partial charge in [0.15, 0.2) is 5.88 Å². The molecule has 0 bridgehead atoms. The minimum atomic E-state index is -3.86. The number of nitrogens with one attached hydrogen (secondary N) is 1. The van der Waals surface area contributed by atoms with Gasteiger partial charge in [-0.1, -0.05) is 30.3 Å². The zero-order chi connectivity index (χ0) is 15.7. The molecule has 1 heterocycles. The van der Waals surface area contributed by atoms with Gasteiger partial charge in [-0.2, -0.15) is 0 Å². The van der Waals surface area contributed by atoms with Gasteiger partial charge in [-0.05, 0) is 18.2 Å².